The minimum absolute atomic E-state index is 0.0981. The van der Waals surface area contributed by atoms with E-state index in [4.69, 9.17) is 14.2 Å². The van der Waals surface area contributed by atoms with Gasteiger partial charge in [0.05, 0.1) is 0 Å². The van der Waals surface area contributed by atoms with Crippen LogP contribution in [0.4, 0.5) is 0 Å². The van der Waals surface area contributed by atoms with Crippen LogP contribution in [-0.4, -0.2) is 37.2 Å². The van der Waals surface area contributed by atoms with Gasteiger partial charge in [-0.1, -0.05) is 297 Å². The van der Waals surface area contributed by atoms with Crippen molar-refractivity contribution in [3.8, 4) is 0 Å². The van der Waals surface area contributed by atoms with Crippen molar-refractivity contribution < 1.29 is 28.6 Å². The van der Waals surface area contributed by atoms with Crippen molar-refractivity contribution in [3.63, 3.8) is 0 Å². The van der Waals surface area contributed by atoms with Crippen LogP contribution < -0.4 is 0 Å². The molecule has 0 saturated heterocycles. The van der Waals surface area contributed by atoms with Gasteiger partial charge < -0.3 is 14.2 Å². The van der Waals surface area contributed by atoms with Crippen LogP contribution in [0.3, 0.4) is 0 Å². The molecule has 0 radical (unpaired) electrons. The molecule has 6 heteroatoms. The van der Waals surface area contributed by atoms with Gasteiger partial charge in [0, 0.05) is 19.3 Å². The summed E-state index contributed by atoms with van der Waals surface area (Å²) in [6.45, 7) is 6.40. The number of rotatable bonds is 58. The van der Waals surface area contributed by atoms with Crippen molar-refractivity contribution in [2.45, 2.75) is 309 Å². The van der Waals surface area contributed by atoms with E-state index in [1.165, 1.54) is 154 Å². The third-order valence-corrected chi connectivity index (χ3v) is 13.8. The van der Waals surface area contributed by atoms with Crippen molar-refractivity contribution in [3.05, 3.63) is 109 Å². The summed E-state index contributed by atoms with van der Waals surface area (Å²) in [6.07, 6.45) is 88.2. The first kappa shape index (κ1) is 73.1. The lowest BCUT2D eigenvalue weighted by molar-refractivity contribution is -0.167. The van der Waals surface area contributed by atoms with E-state index in [2.05, 4.69) is 130 Å². The maximum atomic E-state index is 12.9. The van der Waals surface area contributed by atoms with Gasteiger partial charge in [-0.3, -0.25) is 14.4 Å². The number of allylic oxidation sites excluding steroid dienone is 18. The van der Waals surface area contributed by atoms with E-state index in [1.807, 2.05) is 0 Å². The summed E-state index contributed by atoms with van der Waals surface area (Å²) < 4.78 is 16.9. The normalized spacial score (nSPS) is 12.8. The Morgan fingerprint density at radius 3 is 0.831 bits per heavy atom. The molecule has 0 aliphatic carbocycles. The van der Waals surface area contributed by atoms with E-state index in [-0.39, 0.29) is 37.5 Å². The van der Waals surface area contributed by atoms with E-state index in [1.54, 1.807) is 0 Å². The van der Waals surface area contributed by atoms with Gasteiger partial charge in [-0.05, 0) is 96.3 Å². The molecule has 6 nitrogen and oxygen atoms in total. The molecule has 0 aliphatic rings. The van der Waals surface area contributed by atoms with Crippen molar-refractivity contribution in [2.75, 3.05) is 13.2 Å². The SMILES string of the molecule is CC/C=C\C/C=C\C/C=C\C/C=C\C/C=C\CCCC(=O)OC(COC(=O)CCCCCCCCCCCCCCCCC)COC(=O)CCCCCCCCCCCCCCCC/C=C\C/C=C\C/C=C\C/C=C\CC. The number of esters is 3. The van der Waals surface area contributed by atoms with Gasteiger partial charge in [0.15, 0.2) is 6.10 Å². The van der Waals surface area contributed by atoms with Crippen LogP contribution in [0.5, 0.6) is 0 Å². The number of unbranched alkanes of at least 4 members (excludes halogenated alkanes) is 29. The van der Waals surface area contributed by atoms with Crippen LogP contribution >= 0.6 is 0 Å². The Labute approximate surface area is 476 Å². The molecule has 440 valence electrons. The molecule has 0 aliphatic heterocycles. The highest BCUT2D eigenvalue weighted by atomic mass is 16.6. The van der Waals surface area contributed by atoms with Crippen molar-refractivity contribution in [1.29, 1.82) is 0 Å². The summed E-state index contributed by atoms with van der Waals surface area (Å²) in [7, 11) is 0. The molecule has 1 atom stereocenters. The maximum absolute atomic E-state index is 12.9. The average Bonchev–Trinajstić information content (AvgIpc) is 3.43. The second kappa shape index (κ2) is 64.6. The molecule has 0 heterocycles. The fourth-order valence-electron chi connectivity index (χ4n) is 9.00. The monoisotopic (exact) mass is 1070 g/mol. The Hall–Kier alpha value is -3.93. The molecule has 0 aromatic rings. The number of hydrogen-bond donors (Lipinski definition) is 0. The lowest BCUT2D eigenvalue weighted by atomic mass is 10.0. The lowest BCUT2D eigenvalue weighted by Gasteiger charge is -2.18. The standard InChI is InChI=1S/C71H120O6/c1-4-7-10-13-16-19-22-25-28-30-31-32-33-34-35-36-37-38-39-41-43-46-49-52-55-58-61-64-70(73)76-67-68(66-75-69(72)63-60-57-54-51-48-45-42-27-24-21-18-15-12-9-6-3)77-71(74)65-62-59-56-53-50-47-44-40-29-26-23-20-17-14-11-8-5-2/h7-8,10-11,16-17,19-20,25-26,28-29,31-32,44,47,53,56,68H,4-6,9,12-15,18,21-24,27,30,33-43,45-46,48-52,54-55,57-67H2,1-3H3/b10-7-,11-8-,19-16-,20-17-,28-25-,29-26-,32-31-,47-44-,56-53-. The van der Waals surface area contributed by atoms with E-state index in [0.29, 0.717) is 19.3 Å². The first-order valence-corrected chi connectivity index (χ1v) is 32.4. The molecular weight excluding hydrogens is 949 g/mol. The Morgan fingerprint density at radius 1 is 0.273 bits per heavy atom. The zero-order valence-electron chi connectivity index (χ0n) is 50.4. The largest absolute Gasteiger partial charge is 0.462 e. The predicted octanol–water partition coefficient (Wildman–Crippen LogP) is 22.2. The molecule has 1 unspecified atom stereocenters. The predicted molar refractivity (Wildman–Crippen MR) is 334 cm³/mol. The summed E-state index contributed by atoms with van der Waals surface area (Å²) in [5.74, 6) is -0.947. The summed E-state index contributed by atoms with van der Waals surface area (Å²) in [6, 6.07) is 0. The number of carbonyl (C=O) groups is 3. The molecule has 0 fully saturated rings. The van der Waals surface area contributed by atoms with Crippen molar-refractivity contribution >= 4 is 17.9 Å². The maximum Gasteiger partial charge on any atom is 0.306 e. The highest BCUT2D eigenvalue weighted by Crippen LogP contribution is 2.17. The van der Waals surface area contributed by atoms with Crippen molar-refractivity contribution in [2.24, 2.45) is 0 Å². The zero-order valence-corrected chi connectivity index (χ0v) is 50.4. The highest BCUT2D eigenvalue weighted by Gasteiger charge is 2.19. The molecule has 0 amide bonds. The van der Waals surface area contributed by atoms with Crippen molar-refractivity contribution in [1.82, 2.24) is 0 Å². The van der Waals surface area contributed by atoms with Crippen LogP contribution in [0, 0.1) is 0 Å². The molecule has 0 spiro atoms. The molecule has 0 aromatic heterocycles. The van der Waals surface area contributed by atoms with Gasteiger partial charge in [0.1, 0.15) is 13.2 Å². The molecular formula is C71H120O6. The van der Waals surface area contributed by atoms with Crippen LogP contribution in [0.15, 0.2) is 109 Å². The first-order chi connectivity index (χ1) is 38.0. The third kappa shape index (κ3) is 62.8. The van der Waals surface area contributed by atoms with E-state index >= 15 is 0 Å². The quantitative estimate of drug-likeness (QED) is 0.0261. The third-order valence-electron chi connectivity index (χ3n) is 13.8. The Morgan fingerprint density at radius 2 is 0.519 bits per heavy atom. The summed E-state index contributed by atoms with van der Waals surface area (Å²) in [4.78, 5) is 38.3. The van der Waals surface area contributed by atoms with Gasteiger partial charge >= 0.3 is 17.9 Å². The second-order valence-corrected chi connectivity index (χ2v) is 21.3. The molecule has 77 heavy (non-hydrogen) atoms. The van der Waals surface area contributed by atoms with Crippen LogP contribution in [0.25, 0.3) is 0 Å². The number of ether oxygens (including phenoxy) is 3. The van der Waals surface area contributed by atoms with Gasteiger partial charge in [0.25, 0.3) is 0 Å². The fraction of sp³-hybridized carbons (Fsp3) is 0.704. The van der Waals surface area contributed by atoms with Gasteiger partial charge in [0.2, 0.25) is 0 Å². The van der Waals surface area contributed by atoms with E-state index in [0.717, 1.165) is 103 Å². The molecule has 0 N–H and O–H groups in total. The molecule has 0 aromatic carbocycles. The van der Waals surface area contributed by atoms with Gasteiger partial charge in [-0.15, -0.1) is 0 Å². The zero-order chi connectivity index (χ0) is 55.7. The topological polar surface area (TPSA) is 78.9 Å². The smallest absolute Gasteiger partial charge is 0.306 e. The fourth-order valence-corrected chi connectivity index (χ4v) is 9.00. The summed E-state index contributed by atoms with van der Waals surface area (Å²) in [5.41, 5.74) is 0. The Kier molecular flexibility index (Phi) is 61.3. The summed E-state index contributed by atoms with van der Waals surface area (Å²) in [5, 5.41) is 0. The minimum Gasteiger partial charge on any atom is -0.462 e. The molecule has 0 bridgehead atoms. The number of carbonyl (C=O) groups excluding carboxylic acids is 3. The van der Waals surface area contributed by atoms with Crippen LogP contribution in [0.2, 0.25) is 0 Å². The van der Waals surface area contributed by atoms with E-state index < -0.39 is 6.10 Å². The number of hydrogen-bond acceptors (Lipinski definition) is 6. The van der Waals surface area contributed by atoms with Crippen LogP contribution in [-0.2, 0) is 28.6 Å². The first-order valence-electron chi connectivity index (χ1n) is 32.4. The Balaban J connectivity index is 4.35. The molecule has 0 rings (SSSR count). The van der Waals surface area contributed by atoms with Gasteiger partial charge in [-0.25, -0.2) is 0 Å². The van der Waals surface area contributed by atoms with Crippen LogP contribution in [0.1, 0.15) is 303 Å². The van der Waals surface area contributed by atoms with E-state index in [9.17, 15) is 14.4 Å². The summed E-state index contributed by atoms with van der Waals surface area (Å²) >= 11 is 0. The Bertz CT molecular complexity index is 1560. The lowest BCUT2D eigenvalue weighted by Crippen LogP contribution is -2.30. The van der Waals surface area contributed by atoms with Gasteiger partial charge in [-0.2, -0.15) is 0 Å². The second-order valence-electron chi connectivity index (χ2n) is 21.3. The highest BCUT2D eigenvalue weighted by molar-refractivity contribution is 5.71. The molecule has 0 saturated carbocycles. The minimum atomic E-state index is -0.808. The average molecular weight is 1070 g/mol.